The van der Waals surface area contributed by atoms with E-state index in [9.17, 15) is 26.7 Å². The van der Waals surface area contributed by atoms with Crippen LogP contribution in [-0.4, -0.2) is 30.1 Å². The van der Waals surface area contributed by atoms with Crippen LogP contribution >= 0.6 is 0 Å². The van der Waals surface area contributed by atoms with Crippen molar-refractivity contribution in [1.29, 1.82) is 0 Å². The fraction of sp³-hybridized carbons (Fsp3) is 0.364. The maximum atomic E-state index is 13.5. The minimum Gasteiger partial charge on any atom is -0.313 e. The lowest BCUT2D eigenvalue weighted by Crippen LogP contribution is -2.38. The lowest BCUT2D eigenvalue weighted by Gasteiger charge is -2.25. The molecule has 0 bridgehead atoms. The second kappa shape index (κ2) is 4.76. The van der Waals surface area contributed by atoms with E-state index in [-0.39, 0.29) is 12.1 Å². The third-order valence-corrected chi connectivity index (χ3v) is 2.69. The van der Waals surface area contributed by atoms with Crippen molar-refractivity contribution in [1.82, 2.24) is 10.2 Å². The summed E-state index contributed by atoms with van der Waals surface area (Å²) in [4.78, 5) is 11.9. The predicted octanol–water partition coefficient (Wildman–Crippen LogP) is 1.96. The van der Waals surface area contributed by atoms with Crippen LogP contribution in [0.3, 0.4) is 0 Å². The standard InChI is InChI=1S/C11H9F5N2O/c12-6-1-2-7(8(13)3-6)10-17-4-9(19)18(10)5-11(14,15)16/h1-3,10,17H,4-5H2. The first-order valence-corrected chi connectivity index (χ1v) is 5.32. The topological polar surface area (TPSA) is 32.3 Å². The minimum absolute atomic E-state index is 0.198. The first kappa shape index (κ1) is 13.7. The molecule has 1 atom stereocenters. The Morgan fingerprint density at radius 2 is 2.00 bits per heavy atom. The number of rotatable bonds is 2. The number of alkyl halides is 3. The average molecular weight is 280 g/mol. The molecule has 8 heteroatoms. The molecule has 1 heterocycles. The molecule has 1 unspecified atom stereocenters. The van der Waals surface area contributed by atoms with Gasteiger partial charge in [-0.1, -0.05) is 0 Å². The number of amides is 1. The van der Waals surface area contributed by atoms with E-state index in [0.29, 0.717) is 11.0 Å². The van der Waals surface area contributed by atoms with Crippen LogP contribution in [0.5, 0.6) is 0 Å². The van der Waals surface area contributed by atoms with Crippen LogP contribution in [0.4, 0.5) is 22.0 Å². The van der Waals surface area contributed by atoms with Gasteiger partial charge in [0, 0.05) is 11.6 Å². The normalized spacial score (nSPS) is 20.2. The van der Waals surface area contributed by atoms with Gasteiger partial charge in [0.1, 0.15) is 24.3 Å². The van der Waals surface area contributed by atoms with Crippen LogP contribution in [0, 0.1) is 11.6 Å². The van der Waals surface area contributed by atoms with Crippen molar-refractivity contribution in [2.75, 3.05) is 13.1 Å². The fourth-order valence-electron chi connectivity index (χ4n) is 1.91. The van der Waals surface area contributed by atoms with Gasteiger partial charge in [-0.15, -0.1) is 0 Å². The Hall–Kier alpha value is -1.70. The largest absolute Gasteiger partial charge is 0.406 e. The number of carbonyl (C=O) groups is 1. The molecular weight excluding hydrogens is 271 g/mol. The maximum absolute atomic E-state index is 13.5. The molecule has 1 N–H and O–H groups in total. The number of nitrogens with zero attached hydrogens (tertiary/aromatic N) is 1. The number of carbonyl (C=O) groups excluding carboxylic acids is 1. The highest BCUT2D eigenvalue weighted by Crippen LogP contribution is 2.28. The minimum atomic E-state index is -4.59. The lowest BCUT2D eigenvalue weighted by atomic mass is 10.1. The molecule has 0 aromatic heterocycles. The Labute approximate surface area is 105 Å². The van der Waals surface area contributed by atoms with Gasteiger partial charge in [-0.05, 0) is 12.1 Å². The molecule has 1 aromatic carbocycles. The lowest BCUT2D eigenvalue weighted by molar-refractivity contribution is -0.161. The Morgan fingerprint density at radius 1 is 1.32 bits per heavy atom. The molecular formula is C11H9F5N2O. The number of nitrogens with one attached hydrogen (secondary N) is 1. The zero-order chi connectivity index (χ0) is 14.2. The molecule has 0 spiro atoms. The molecule has 0 saturated carbocycles. The number of halogens is 5. The summed E-state index contributed by atoms with van der Waals surface area (Å²) in [5.74, 6) is -2.63. The summed E-state index contributed by atoms with van der Waals surface area (Å²) in [6.45, 7) is -1.81. The smallest absolute Gasteiger partial charge is 0.313 e. The molecule has 1 aliphatic heterocycles. The molecule has 1 fully saturated rings. The molecule has 1 amide bonds. The maximum Gasteiger partial charge on any atom is 0.406 e. The highest BCUT2D eigenvalue weighted by atomic mass is 19.4. The Bertz CT molecular complexity index is 502. The Morgan fingerprint density at radius 3 is 2.58 bits per heavy atom. The second-order valence-corrected chi connectivity index (χ2v) is 4.09. The van der Waals surface area contributed by atoms with Crippen LogP contribution in [0.15, 0.2) is 18.2 Å². The molecule has 19 heavy (non-hydrogen) atoms. The van der Waals surface area contributed by atoms with Crippen molar-refractivity contribution in [3.63, 3.8) is 0 Å². The molecule has 3 nitrogen and oxygen atoms in total. The van der Waals surface area contributed by atoms with Gasteiger partial charge in [0.2, 0.25) is 5.91 Å². The SMILES string of the molecule is O=C1CNC(c2ccc(F)cc2F)N1CC(F)(F)F. The van der Waals surface area contributed by atoms with Gasteiger partial charge in [-0.25, -0.2) is 8.78 Å². The van der Waals surface area contributed by atoms with E-state index < -0.39 is 36.4 Å². The van der Waals surface area contributed by atoms with Crippen LogP contribution in [0.1, 0.15) is 11.7 Å². The van der Waals surface area contributed by atoms with E-state index in [2.05, 4.69) is 5.32 Å². The summed E-state index contributed by atoms with van der Waals surface area (Å²) in [7, 11) is 0. The van der Waals surface area contributed by atoms with Crippen LogP contribution < -0.4 is 5.32 Å². The van der Waals surface area contributed by atoms with Crippen molar-refractivity contribution < 1.29 is 26.7 Å². The second-order valence-electron chi connectivity index (χ2n) is 4.09. The summed E-state index contributed by atoms with van der Waals surface area (Å²) in [5, 5.41) is 2.47. The van der Waals surface area contributed by atoms with Crippen molar-refractivity contribution in [3.05, 3.63) is 35.4 Å². The molecule has 104 valence electrons. The average Bonchev–Trinajstić information content (AvgIpc) is 2.59. The van der Waals surface area contributed by atoms with E-state index in [1.807, 2.05) is 0 Å². The van der Waals surface area contributed by atoms with Crippen LogP contribution in [0.2, 0.25) is 0 Å². The van der Waals surface area contributed by atoms with Gasteiger partial charge in [-0.3, -0.25) is 10.1 Å². The van der Waals surface area contributed by atoms with Gasteiger partial charge < -0.3 is 4.90 Å². The third kappa shape index (κ3) is 3.01. The molecule has 0 radical (unpaired) electrons. The highest BCUT2D eigenvalue weighted by Gasteiger charge is 2.41. The van der Waals surface area contributed by atoms with Crippen molar-refractivity contribution in [3.8, 4) is 0 Å². The first-order valence-electron chi connectivity index (χ1n) is 5.32. The molecule has 2 rings (SSSR count). The molecule has 1 saturated heterocycles. The van der Waals surface area contributed by atoms with Gasteiger partial charge >= 0.3 is 6.18 Å². The Kier molecular flexibility index (Phi) is 3.44. The molecule has 1 aliphatic rings. The number of hydrogen-bond donors (Lipinski definition) is 1. The molecule has 0 aliphatic carbocycles. The summed E-state index contributed by atoms with van der Waals surface area (Å²) < 4.78 is 63.4. The van der Waals surface area contributed by atoms with Gasteiger partial charge in [0.05, 0.1) is 6.54 Å². The van der Waals surface area contributed by atoms with E-state index in [1.54, 1.807) is 0 Å². The molecule has 1 aromatic rings. The van der Waals surface area contributed by atoms with E-state index in [4.69, 9.17) is 0 Å². The van der Waals surface area contributed by atoms with Crippen molar-refractivity contribution >= 4 is 5.91 Å². The van der Waals surface area contributed by atoms with E-state index >= 15 is 0 Å². The van der Waals surface area contributed by atoms with E-state index in [0.717, 1.165) is 12.1 Å². The summed E-state index contributed by atoms with van der Waals surface area (Å²) >= 11 is 0. The number of hydrogen-bond acceptors (Lipinski definition) is 2. The summed E-state index contributed by atoms with van der Waals surface area (Å²) in [6.07, 6.45) is -5.83. The third-order valence-electron chi connectivity index (χ3n) is 2.69. The van der Waals surface area contributed by atoms with Gasteiger partial charge in [0.25, 0.3) is 0 Å². The zero-order valence-corrected chi connectivity index (χ0v) is 9.47. The fourth-order valence-corrected chi connectivity index (χ4v) is 1.91. The zero-order valence-electron chi connectivity index (χ0n) is 9.47. The van der Waals surface area contributed by atoms with Crippen LogP contribution in [0.25, 0.3) is 0 Å². The highest BCUT2D eigenvalue weighted by molar-refractivity contribution is 5.81. The first-order chi connectivity index (χ1) is 8.78. The van der Waals surface area contributed by atoms with Crippen LogP contribution in [-0.2, 0) is 4.79 Å². The van der Waals surface area contributed by atoms with Gasteiger partial charge in [-0.2, -0.15) is 13.2 Å². The van der Waals surface area contributed by atoms with E-state index in [1.165, 1.54) is 0 Å². The van der Waals surface area contributed by atoms with Crippen molar-refractivity contribution in [2.24, 2.45) is 0 Å². The Balaban J connectivity index is 2.29. The van der Waals surface area contributed by atoms with Gasteiger partial charge in [0.15, 0.2) is 0 Å². The predicted molar refractivity (Wildman–Crippen MR) is 54.9 cm³/mol. The number of benzene rings is 1. The monoisotopic (exact) mass is 280 g/mol. The summed E-state index contributed by atoms with van der Waals surface area (Å²) in [6, 6.07) is 2.50. The van der Waals surface area contributed by atoms with Crippen molar-refractivity contribution in [2.45, 2.75) is 12.3 Å². The summed E-state index contributed by atoms with van der Waals surface area (Å²) in [5.41, 5.74) is -0.198. The quantitative estimate of drug-likeness (QED) is 0.840.